The molecule has 2 aromatic carbocycles. The highest BCUT2D eigenvalue weighted by Crippen LogP contribution is 2.39. The summed E-state index contributed by atoms with van der Waals surface area (Å²) in [4.78, 5) is 6.57. The number of aryl methyl sites for hydroxylation is 2. The average Bonchev–Trinajstić information content (AvgIpc) is 3.29. The van der Waals surface area contributed by atoms with E-state index in [-0.39, 0.29) is 5.92 Å². The highest BCUT2D eigenvalue weighted by atomic mass is 35.5. The lowest BCUT2D eigenvalue weighted by atomic mass is 10.1. The highest BCUT2D eigenvalue weighted by Gasteiger charge is 2.28. The zero-order valence-electron chi connectivity index (χ0n) is 16.4. The number of aromatic nitrogens is 6. The van der Waals surface area contributed by atoms with E-state index in [4.69, 9.17) is 11.6 Å². The van der Waals surface area contributed by atoms with Crippen molar-refractivity contribution in [2.45, 2.75) is 26.7 Å². The summed E-state index contributed by atoms with van der Waals surface area (Å²) in [7, 11) is 0. The summed E-state index contributed by atoms with van der Waals surface area (Å²) in [5, 5.41) is 14.0. The van der Waals surface area contributed by atoms with Gasteiger partial charge in [0.15, 0.2) is 0 Å². The lowest BCUT2D eigenvalue weighted by molar-refractivity contribution is 0.696. The average molecular weight is 406 g/mol. The first-order valence-corrected chi connectivity index (χ1v) is 9.87. The Kier molecular flexibility index (Phi) is 4.13. The largest absolute Gasteiger partial charge is 0.339 e. The van der Waals surface area contributed by atoms with Gasteiger partial charge in [-0.1, -0.05) is 18.5 Å². The van der Waals surface area contributed by atoms with Gasteiger partial charge in [0.25, 0.3) is 0 Å². The monoisotopic (exact) mass is 405 g/mol. The standard InChI is InChI=1S/C21H20ClN7/c1-13-11-27(17-6-4-16(22)5-7-17)20-10-18(28-12-23-14(2)26-28)8-9-19(20)29-15(3)24-25-21(13)29/h4-10,12-13H,11H2,1-3H3/t13-/m1/s1. The summed E-state index contributed by atoms with van der Waals surface area (Å²) in [6, 6.07) is 14.2. The summed E-state index contributed by atoms with van der Waals surface area (Å²) in [5.74, 6) is 2.76. The number of rotatable bonds is 2. The number of fused-ring (bicyclic) bond motifs is 3. The zero-order chi connectivity index (χ0) is 20.1. The first-order chi connectivity index (χ1) is 14.0. The highest BCUT2D eigenvalue weighted by molar-refractivity contribution is 6.30. The fourth-order valence-corrected chi connectivity index (χ4v) is 3.97. The number of hydrogen-bond acceptors (Lipinski definition) is 5. The van der Waals surface area contributed by atoms with E-state index in [2.05, 4.69) is 48.8 Å². The van der Waals surface area contributed by atoms with Gasteiger partial charge < -0.3 is 4.90 Å². The summed E-state index contributed by atoms with van der Waals surface area (Å²) < 4.78 is 3.94. The van der Waals surface area contributed by atoms with E-state index in [0.29, 0.717) is 0 Å². The van der Waals surface area contributed by atoms with Crippen molar-refractivity contribution in [3.8, 4) is 11.4 Å². The number of nitrogens with zero attached hydrogens (tertiary/aromatic N) is 7. The van der Waals surface area contributed by atoms with Crippen molar-refractivity contribution >= 4 is 23.0 Å². The van der Waals surface area contributed by atoms with Gasteiger partial charge in [0.2, 0.25) is 0 Å². The molecule has 1 atom stereocenters. The van der Waals surface area contributed by atoms with E-state index in [1.807, 2.05) is 44.2 Å². The third kappa shape index (κ3) is 2.98. The maximum atomic E-state index is 6.14. The van der Waals surface area contributed by atoms with Gasteiger partial charge in [-0.15, -0.1) is 10.2 Å². The molecule has 7 nitrogen and oxygen atoms in total. The van der Waals surface area contributed by atoms with Crippen molar-refractivity contribution in [3.63, 3.8) is 0 Å². The minimum absolute atomic E-state index is 0.191. The van der Waals surface area contributed by atoms with Crippen molar-refractivity contribution in [2.75, 3.05) is 11.4 Å². The molecule has 0 amide bonds. The topological polar surface area (TPSA) is 64.7 Å². The lowest BCUT2D eigenvalue weighted by Crippen LogP contribution is -2.22. The van der Waals surface area contributed by atoms with Crippen molar-refractivity contribution in [1.82, 2.24) is 29.5 Å². The Morgan fingerprint density at radius 1 is 0.966 bits per heavy atom. The number of halogens is 1. The molecule has 5 rings (SSSR count). The first kappa shape index (κ1) is 17.9. The summed E-state index contributed by atoms with van der Waals surface area (Å²) in [6.45, 7) is 6.82. The molecule has 0 unspecified atom stereocenters. The van der Waals surface area contributed by atoms with Crippen LogP contribution in [0.15, 0.2) is 48.8 Å². The molecule has 8 heteroatoms. The lowest BCUT2D eigenvalue weighted by Gasteiger charge is -2.27. The predicted octanol–water partition coefficient (Wildman–Crippen LogP) is 4.37. The van der Waals surface area contributed by atoms with Crippen LogP contribution in [0, 0.1) is 13.8 Å². The van der Waals surface area contributed by atoms with E-state index in [1.165, 1.54) is 0 Å². The fraction of sp³-hybridized carbons (Fsp3) is 0.238. The van der Waals surface area contributed by atoms with Crippen LogP contribution in [0.4, 0.5) is 11.4 Å². The van der Waals surface area contributed by atoms with Crippen molar-refractivity contribution < 1.29 is 0 Å². The van der Waals surface area contributed by atoms with Gasteiger partial charge in [-0.25, -0.2) is 9.67 Å². The van der Waals surface area contributed by atoms with Crippen LogP contribution in [0.2, 0.25) is 5.02 Å². The van der Waals surface area contributed by atoms with Crippen LogP contribution >= 0.6 is 11.6 Å². The summed E-state index contributed by atoms with van der Waals surface area (Å²) in [5.41, 5.74) is 4.13. The molecule has 4 aromatic rings. The Hall–Kier alpha value is -3.19. The van der Waals surface area contributed by atoms with E-state index in [1.54, 1.807) is 11.0 Å². The van der Waals surface area contributed by atoms with Crippen molar-refractivity contribution in [3.05, 3.63) is 71.3 Å². The van der Waals surface area contributed by atoms with Crippen LogP contribution in [-0.2, 0) is 0 Å². The first-order valence-electron chi connectivity index (χ1n) is 9.49. The Morgan fingerprint density at radius 2 is 1.72 bits per heavy atom. The third-order valence-electron chi connectivity index (χ3n) is 5.25. The summed E-state index contributed by atoms with van der Waals surface area (Å²) in [6.07, 6.45) is 1.73. The molecule has 146 valence electrons. The molecule has 1 aliphatic heterocycles. The quantitative estimate of drug-likeness (QED) is 0.495. The fourth-order valence-electron chi connectivity index (χ4n) is 3.84. The minimum Gasteiger partial charge on any atom is -0.339 e. The van der Waals surface area contributed by atoms with Crippen LogP contribution in [0.3, 0.4) is 0 Å². The Labute approximate surface area is 173 Å². The molecule has 1 aliphatic rings. The number of benzene rings is 2. The van der Waals surface area contributed by atoms with Crippen LogP contribution < -0.4 is 4.90 Å². The molecule has 0 fully saturated rings. The molecule has 0 bridgehead atoms. The van der Waals surface area contributed by atoms with E-state index >= 15 is 0 Å². The maximum absolute atomic E-state index is 6.14. The van der Waals surface area contributed by atoms with Gasteiger partial charge in [-0.2, -0.15) is 5.10 Å². The molecule has 0 N–H and O–H groups in total. The molecular weight excluding hydrogens is 386 g/mol. The van der Waals surface area contributed by atoms with Gasteiger partial charge in [-0.05, 0) is 56.3 Å². The SMILES string of the molecule is Cc1ncn(-c2ccc3c(c2)N(c2ccc(Cl)cc2)C[C@@H](C)c2nnc(C)n2-3)n1. The second-order valence-corrected chi connectivity index (χ2v) is 7.77. The summed E-state index contributed by atoms with van der Waals surface area (Å²) >= 11 is 6.14. The van der Waals surface area contributed by atoms with E-state index in [0.717, 1.165) is 51.8 Å². The van der Waals surface area contributed by atoms with E-state index < -0.39 is 0 Å². The molecule has 0 saturated heterocycles. The van der Waals surface area contributed by atoms with Gasteiger partial charge >= 0.3 is 0 Å². The molecule has 2 aromatic heterocycles. The molecule has 0 spiro atoms. The molecule has 0 aliphatic carbocycles. The van der Waals surface area contributed by atoms with Gasteiger partial charge in [0.1, 0.15) is 23.8 Å². The Morgan fingerprint density at radius 3 is 2.45 bits per heavy atom. The second kappa shape index (κ2) is 6.70. The smallest absolute Gasteiger partial charge is 0.147 e. The van der Waals surface area contributed by atoms with Crippen LogP contribution in [0.25, 0.3) is 11.4 Å². The van der Waals surface area contributed by atoms with Crippen molar-refractivity contribution in [1.29, 1.82) is 0 Å². The zero-order valence-corrected chi connectivity index (χ0v) is 17.2. The molecule has 3 heterocycles. The Bertz CT molecular complexity index is 1190. The normalized spacial score (nSPS) is 15.7. The molecular formula is C21H20ClN7. The molecule has 0 saturated carbocycles. The molecule has 29 heavy (non-hydrogen) atoms. The molecule has 0 radical (unpaired) electrons. The minimum atomic E-state index is 0.191. The number of anilines is 2. The van der Waals surface area contributed by atoms with Crippen LogP contribution in [0.1, 0.15) is 30.3 Å². The van der Waals surface area contributed by atoms with Gasteiger partial charge in [-0.3, -0.25) is 4.57 Å². The Balaban J connectivity index is 1.74. The predicted molar refractivity (Wildman–Crippen MR) is 113 cm³/mol. The van der Waals surface area contributed by atoms with Crippen LogP contribution in [0.5, 0.6) is 0 Å². The van der Waals surface area contributed by atoms with Gasteiger partial charge in [0, 0.05) is 23.2 Å². The second-order valence-electron chi connectivity index (χ2n) is 7.34. The van der Waals surface area contributed by atoms with Crippen LogP contribution in [-0.4, -0.2) is 36.1 Å². The number of hydrogen-bond donors (Lipinski definition) is 0. The van der Waals surface area contributed by atoms with Crippen molar-refractivity contribution in [2.24, 2.45) is 0 Å². The van der Waals surface area contributed by atoms with Gasteiger partial charge in [0.05, 0.1) is 17.1 Å². The van der Waals surface area contributed by atoms with E-state index in [9.17, 15) is 0 Å². The third-order valence-corrected chi connectivity index (χ3v) is 5.50. The maximum Gasteiger partial charge on any atom is 0.147 e.